The van der Waals surface area contributed by atoms with Crippen LogP contribution in [0.5, 0.6) is 6.08 Å². The first-order valence-electron chi connectivity index (χ1n) is 4.35. The predicted molar refractivity (Wildman–Crippen MR) is 54.1 cm³/mol. The standard InChI is InChI=1S/C11H8N2O2/c1-2-8-14-11-13-12-10(15-11)9-6-4-3-5-7-9/h1,3-7H,8H2. The SMILES string of the molecule is C#CCOc1nnc(-c2ccccc2)o1. The zero-order chi connectivity index (χ0) is 10.5. The molecule has 1 aromatic heterocycles. The van der Waals surface area contributed by atoms with E-state index in [1.54, 1.807) is 0 Å². The van der Waals surface area contributed by atoms with Gasteiger partial charge in [-0.15, -0.1) is 11.5 Å². The van der Waals surface area contributed by atoms with Crippen LogP contribution in [0, 0.1) is 12.3 Å². The molecule has 1 aromatic carbocycles. The maximum atomic E-state index is 5.23. The summed E-state index contributed by atoms with van der Waals surface area (Å²) in [6, 6.07) is 9.44. The monoisotopic (exact) mass is 200 g/mol. The Labute approximate surface area is 86.9 Å². The van der Waals surface area contributed by atoms with Crippen molar-refractivity contribution in [3.05, 3.63) is 30.3 Å². The molecule has 0 fully saturated rings. The molecule has 0 N–H and O–H groups in total. The van der Waals surface area contributed by atoms with Crippen molar-refractivity contribution in [2.75, 3.05) is 6.61 Å². The van der Waals surface area contributed by atoms with E-state index in [2.05, 4.69) is 16.1 Å². The Bertz CT molecular complexity index is 471. The number of rotatable bonds is 3. The van der Waals surface area contributed by atoms with Gasteiger partial charge in [-0.2, -0.15) is 0 Å². The lowest BCUT2D eigenvalue weighted by Gasteiger charge is -1.93. The van der Waals surface area contributed by atoms with Crippen LogP contribution >= 0.6 is 0 Å². The molecule has 1 heterocycles. The quantitative estimate of drug-likeness (QED) is 0.708. The summed E-state index contributed by atoms with van der Waals surface area (Å²) < 4.78 is 10.2. The van der Waals surface area contributed by atoms with Crippen LogP contribution in [0.25, 0.3) is 11.5 Å². The van der Waals surface area contributed by atoms with Crippen LogP contribution in [0.3, 0.4) is 0 Å². The average Bonchev–Trinajstić information content (AvgIpc) is 2.76. The van der Waals surface area contributed by atoms with E-state index in [1.807, 2.05) is 30.3 Å². The minimum absolute atomic E-state index is 0.0896. The molecule has 0 unspecified atom stereocenters. The second kappa shape index (κ2) is 4.29. The first-order chi connectivity index (χ1) is 7.40. The Hall–Kier alpha value is -2.28. The molecule has 2 aromatic rings. The van der Waals surface area contributed by atoms with Crippen molar-refractivity contribution in [3.63, 3.8) is 0 Å². The number of ether oxygens (including phenoxy) is 1. The summed E-state index contributed by atoms with van der Waals surface area (Å²) in [5, 5.41) is 7.52. The van der Waals surface area contributed by atoms with Gasteiger partial charge in [-0.1, -0.05) is 29.2 Å². The zero-order valence-corrected chi connectivity index (χ0v) is 7.88. The van der Waals surface area contributed by atoms with Crippen molar-refractivity contribution in [2.45, 2.75) is 0 Å². The summed E-state index contributed by atoms with van der Waals surface area (Å²) >= 11 is 0. The fourth-order valence-corrected chi connectivity index (χ4v) is 1.07. The van der Waals surface area contributed by atoms with Crippen molar-refractivity contribution in [1.29, 1.82) is 0 Å². The van der Waals surface area contributed by atoms with E-state index in [0.29, 0.717) is 5.89 Å². The number of hydrogen-bond acceptors (Lipinski definition) is 4. The van der Waals surface area contributed by atoms with Gasteiger partial charge in [-0.25, -0.2) is 0 Å². The number of benzene rings is 1. The van der Waals surface area contributed by atoms with E-state index < -0.39 is 0 Å². The van der Waals surface area contributed by atoms with Gasteiger partial charge in [-0.05, 0) is 12.1 Å². The van der Waals surface area contributed by atoms with Gasteiger partial charge in [0, 0.05) is 5.56 Å². The molecule has 0 bridgehead atoms. The Morgan fingerprint density at radius 1 is 1.27 bits per heavy atom. The molecule has 0 amide bonds. The van der Waals surface area contributed by atoms with E-state index >= 15 is 0 Å². The van der Waals surface area contributed by atoms with Gasteiger partial charge < -0.3 is 9.15 Å². The van der Waals surface area contributed by atoms with E-state index in [9.17, 15) is 0 Å². The Balaban J connectivity index is 2.18. The van der Waals surface area contributed by atoms with Crippen LogP contribution < -0.4 is 4.74 Å². The summed E-state index contributed by atoms with van der Waals surface area (Å²) in [6.07, 6.45) is 5.12. The highest BCUT2D eigenvalue weighted by molar-refractivity contribution is 5.51. The van der Waals surface area contributed by atoms with Gasteiger partial charge in [0.2, 0.25) is 0 Å². The van der Waals surface area contributed by atoms with Crippen molar-refractivity contribution < 1.29 is 9.15 Å². The van der Waals surface area contributed by atoms with E-state index in [0.717, 1.165) is 5.56 Å². The third kappa shape index (κ3) is 2.15. The molecule has 0 saturated carbocycles. The molecule has 0 saturated heterocycles. The molecule has 0 radical (unpaired) electrons. The molecular weight excluding hydrogens is 192 g/mol. The lowest BCUT2D eigenvalue weighted by atomic mass is 10.2. The fourth-order valence-electron chi connectivity index (χ4n) is 1.07. The fraction of sp³-hybridized carbons (Fsp3) is 0.0909. The molecule has 74 valence electrons. The van der Waals surface area contributed by atoms with Crippen LogP contribution in [0.4, 0.5) is 0 Å². The van der Waals surface area contributed by atoms with E-state index in [-0.39, 0.29) is 12.7 Å². The van der Waals surface area contributed by atoms with Gasteiger partial charge in [-0.3, -0.25) is 0 Å². The zero-order valence-electron chi connectivity index (χ0n) is 7.88. The molecule has 4 nitrogen and oxygen atoms in total. The summed E-state index contributed by atoms with van der Waals surface area (Å²) in [6.45, 7) is 0.121. The highest BCUT2D eigenvalue weighted by Gasteiger charge is 2.07. The molecule has 0 atom stereocenters. The second-order valence-corrected chi connectivity index (χ2v) is 2.73. The normalized spacial score (nSPS) is 9.53. The maximum Gasteiger partial charge on any atom is 0.415 e. The van der Waals surface area contributed by atoms with Crippen LogP contribution in [-0.4, -0.2) is 16.8 Å². The predicted octanol–water partition coefficient (Wildman–Crippen LogP) is 1.75. The average molecular weight is 200 g/mol. The van der Waals surface area contributed by atoms with Gasteiger partial charge in [0.05, 0.1) is 0 Å². The minimum Gasteiger partial charge on any atom is -0.436 e. The minimum atomic E-state index is 0.0896. The van der Waals surface area contributed by atoms with Gasteiger partial charge in [0.25, 0.3) is 5.89 Å². The molecular formula is C11H8N2O2. The summed E-state index contributed by atoms with van der Waals surface area (Å²) in [7, 11) is 0. The Morgan fingerprint density at radius 2 is 2.07 bits per heavy atom. The third-order valence-corrected chi connectivity index (χ3v) is 1.71. The first-order valence-corrected chi connectivity index (χ1v) is 4.35. The number of aromatic nitrogens is 2. The maximum absolute atomic E-state index is 5.23. The molecule has 2 rings (SSSR count). The largest absolute Gasteiger partial charge is 0.436 e. The lowest BCUT2D eigenvalue weighted by molar-refractivity contribution is 0.266. The highest BCUT2D eigenvalue weighted by Crippen LogP contribution is 2.19. The molecule has 15 heavy (non-hydrogen) atoms. The lowest BCUT2D eigenvalue weighted by Crippen LogP contribution is -1.92. The van der Waals surface area contributed by atoms with Crippen LogP contribution in [0.15, 0.2) is 34.7 Å². The smallest absolute Gasteiger partial charge is 0.415 e. The molecule has 0 spiro atoms. The van der Waals surface area contributed by atoms with E-state index in [4.69, 9.17) is 15.6 Å². The van der Waals surface area contributed by atoms with Gasteiger partial charge in [0.15, 0.2) is 6.61 Å². The van der Waals surface area contributed by atoms with Crippen LogP contribution in [-0.2, 0) is 0 Å². The Kier molecular flexibility index (Phi) is 2.65. The summed E-state index contributed by atoms with van der Waals surface area (Å²) in [5.74, 6) is 2.73. The first kappa shape index (κ1) is 9.28. The molecule has 0 aliphatic carbocycles. The highest BCUT2D eigenvalue weighted by atomic mass is 16.6. The molecule has 0 aliphatic heterocycles. The molecule has 4 heteroatoms. The van der Waals surface area contributed by atoms with Gasteiger partial charge >= 0.3 is 6.08 Å². The summed E-state index contributed by atoms with van der Waals surface area (Å²) in [4.78, 5) is 0. The number of terminal acetylenes is 1. The van der Waals surface area contributed by atoms with Crippen molar-refractivity contribution in [3.8, 4) is 29.9 Å². The second-order valence-electron chi connectivity index (χ2n) is 2.73. The van der Waals surface area contributed by atoms with Crippen molar-refractivity contribution in [2.24, 2.45) is 0 Å². The van der Waals surface area contributed by atoms with E-state index in [1.165, 1.54) is 0 Å². The topological polar surface area (TPSA) is 48.2 Å². The van der Waals surface area contributed by atoms with Crippen molar-refractivity contribution in [1.82, 2.24) is 10.2 Å². The number of nitrogens with zero attached hydrogens (tertiary/aromatic N) is 2. The summed E-state index contributed by atoms with van der Waals surface area (Å²) in [5.41, 5.74) is 0.848. The van der Waals surface area contributed by atoms with Crippen molar-refractivity contribution >= 4 is 0 Å². The van der Waals surface area contributed by atoms with Crippen LogP contribution in [0.2, 0.25) is 0 Å². The number of hydrogen-bond donors (Lipinski definition) is 0. The Morgan fingerprint density at radius 3 is 2.80 bits per heavy atom. The van der Waals surface area contributed by atoms with Gasteiger partial charge in [0.1, 0.15) is 0 Å². The molecule has 0 aliphatic rings. The van der Waals surface area contributed by atoms with Crippen LogP contribution in [0.1, 0.15) is 0 Å². The third-order valence-electron chi connectivity index (χ3n) is 1.71.